The molecule has 0 bridgehead atoms. The second kappa shape index (κ2) is 8.23. The highest BCUT2D eigenvalue weighted by Crippen LogP contribution is 2.35. The molecule has 122 valence electrons. The predicted octanol–water partition coefficient (Wildman–Crippen LogP) is 6.48. The zero-order valence-electron chi connectivity index (χ0n) is 13.8. The van der Waals surface area contributed by atoms with Crippen molar-refractivity contribution in [2.24, 2.45) is 0 Å². The van der Waals surface area contributed by atoms with Crippen LogP contribution in [0, 0.1) is 0 Å². The first-order chi connectivity index (χ1) is 11.6. The molecule has 2 N–H and O–H groups in total. The van der Waals surface area contributed by atoms with Crippen LogP contribution in [0.2, 0.25) is 5.02 Å². The molecule has 0 aliphatic heterocycles. The molecule has 0 saturated carbocycles. The lowest BCUT2D eigenvalue weighted by Gasteiger charge is -2.17. The van der Waals surface area contributed by atoms with Crippen LogP contribution in [0.15, 0.2) is 91.8 Å². The highest BCUT2D eigenvalue weighted by molar-refractivity contribution is 6.33. The van der Waals surface area contributed by atoms with Gasteiger partial charge in [0, 0.05) is 22.6 Å². The van der Waals surface area contributed by atoms with Crippen LogP contribution in [0.3, 0.4) is 0 Å². The lowest BCUT2D eigenvalue weighted by molar-refractivity contribution is 1.35. The summed E-state index contributed by atoms with van der Waals surface area (Å²) in [6.45, 7) is 13.8. The van der Waals surface area contributed by atoms with Gasteiger partial charge in [0.2, 0.25) is 0 Å². The minimum absolute atomic E-state index is 0.642. The fourth-order valence-electron chi connectivity index (χ4n) is 2.42. The third-order valence-electron chi connectivity index (χ3n) is 3.67. The summed E-state index contributed by atoms with van der Waals surface area (Å²) >= 11 is 6.44. The lowest BCUT2D eigenvalue weighted by Crippen LogP contribution is -2.03. The monoisotopic (exact) mass is 336 g/mol. The van der Waals surface area contributed by atoms with Crippen molar-refractivity contribution in [2.45, 2.75) is 6.92 Å². The number of rotatable bonds is 7. The maximum atomic E-state index is 6.44. The maximum Gasteiger partial charge on any atom is 0.0505 e. The molecule has 24 heavy (non-hydrogen) atoms. The van der Waals surface area contributed by atoms with Gasteiger partial charge in [-0.05, 0) is 48.5 Å². The van der Waals surface area contributed by atoms with E-state index in [9.17, 15) is 0 Å². The summed E-state index contributed by atoms with van der Waals surface area (Å²) in [5, 5.41) is 7.08. The molecule has 0 saturated heterocycles. The zero-order chi connectivity index (χ0) is 17.5. The second-order valence-electron chi connectivity index (χ2n) is 5.22. The van der Waals surface area contributed by atoms with Gasteiger partial charge in [-0.1, -0.05) is 61.7 Å². The van der Waals surface area contributed by atoms with Crippen LogP contribution in [-0.4, -0.2) is 0 Å². The molecular formula is C21H21ClN2. The molecule has 0 fully saturated rings. The van der Waals surface area contributed by atoms with Gasteiger partial charge in [-0.3, -0.25) is 0 Å². The van der Waals surface area contributed by atoms with Gasteiger partial charge in [0.05, 0.1) is 5.02 Å². The Morgan fingerprint density at radius 2 is 1.75 bits per heavy atom. The average Bonchev–Trinajstić information content (AvgIpc) is 2.58. The van der Waals surface area contributed by atoms with E-state index in [1.165, 1.54) is 0 Å². The van der Waals surface area contributed by atoms with Crippen molar-refractivity contribution < 1.29 is 0 Å². The van der Waals surface area contributed by atoms with E-state index in [1.54, 1.807) is 12.3 Å². The smallest absolute Gasteiger partial charge is 0.0505 e. The molecule has 3 heteroatoms. The van der Waals surface area contributed by atoms with Crippen LogP contribution in [0.25, 0.3) is 5.57 Å². The summed E-state index contributed by atoms with van der Waals surface area (Å²) in [6, 6.07) is 15.6. The number of allylic oxidation sites excluding steroid dienone is 3. The third kappa shape index (κ3) is 3.98. The van der Waals surface area contributed by atoms with Crippen LogP contribution in [-0.2, 0) is 0 Å². The van der Waals surface area contributed by atoms with E-state index in [4.69, 9.17) is 11.6 Å². The van der Waals surface area contributed by atoms with Gasteiger partial charge in [-0.2, -0.15) is 0 Å². The van der Waals surface area contributed by atoms with Crippen molar-refractivity contribution in [1.29, 1.82) is 0 Å². The van der Waals surface area contributed by atoms with Crippen LogP contribution in [0.4, 0.5) is 11.4 Å². The molecule has 0 unspecified atom stereocenters. The Kier molecular flexibility index (Phi) is 6.05. The molecule has 0 heterocycles. The standard InChI is InChI=1S/C21H21ClN2/c1-5-18(21-19(22)13-10-14-20(21)23-6-2)15(3)16(4)24-17-11-8-7-9-12-17/h5-14,23-24H,1-2,4H2,3H3/b18-15+. The van der Waals surface area contributed by atoms with Gasteiger partial charge in [0.1, 0.15) is 0 Å². The summed E-state index contributed by atoms with van der Waals surface area (Å²) in [4.78, 5) is 0. The molecule has 2 aromatic carbocycles. The van der Waals surface area contributed by atoms with Crippen molar-refractivity contribution in [3.05, 3.63) is 102 Å². The molecular weight excluding hydrogens is 316 g/mol. The molecule has 0 spiro atoms. The Balaban J connectivity index is 2.46. The Hall–Kier alpha value is -2.71. The number of hydrogen-bond acceptors (Lipinski definition) is 2. The molecule has 0 atom stereocenters. The molecule has 2 nitrogen and oxygen atoms in total. The number of para-hydroxylation sites is 1. The van der Waals surface area contributed by atoms with Crippen molar-refractivity contribution in [1.82, 2.24) is 0 Å². The SMILES string of the molecule is C=CNc1cccc(Cl)c1/C(C=C)=C(\C)C(=C)Nc1ccccc1. The summed E-state index contributed by atoms with van der Waals surface area (Å²) in [5.74, 6) is 0. The Morgan fingerprint density at radius 1 is 1.04 bits per heavy atom. The van der Waals surface area contributed by atoms with Gasteiger partial charge >= 0.3 is 0 Å². The Morgan fingerprint density at radius 3 is 2.38 bits per heavy atom. The minimum Gasteiger partial charge on any atom is -0.362 e. The van der Waals surface area contributed by atoms with E-state index < -0.39 is 0 Å². The molecule has 2 rings (SSSR count). The highest BCUT2D eigenvalue weighted by Gasteiger charge is 2.13. The second-order valence-corrected chi connectivity index (χ2v) is 5.63. The number of benzene rings is 2. The van der Waals surface area contributed by atoms with E-state index in [2.05, 4.69) is 30.4 Å². The number of anilines is 2. The summed E-state index contributed by atoms with van der Waals surface area (Å²) in [5.41, 5.74) is 5.41. The Labute approximate surface area is 148 Å². The first-order valence-corrected chi connectivity index (χ1v) is 7.97. The van der Waals surface area contributed by atoms with Crippen LogP contribution in [0.1, 0.15) is 12.5 Å². The molecule has 0 amide bonds. The van der Waals surface area contributed by atoms with Crippen molar-refractivity contribution >= 4 is 28.5 Å². The van der Waals surface area contributed by atoms with E-state index in [-0.39, 0.29) is 0 Å². The average molecular weight is 337 g/mol. The summed E-state index contributed by atoms with van der Waals surface area (Å²) < 4.78 is 0. The number of nitrogens with one attached hydrogen (secondary N) is 2. The minimum atomic E-state index is 0.642. The summed E-state index contributed by atoms with van der Waals surface area (Å²) in [6.07, 6.45) is 3.42. The normalized spacial score (nSPS) is 11.2. The van der Waals surface area contributed by atoms with Crippen LogP contribution < -0.4 is 10.6 Å². The van der Waals surface area contributed by atoms with Crippen molar-refractivity contribution in [2.75, 3.05) is 10.6 Å². The van der Waals surface area contributed by atoms with Gasteiger partial charge in [-0.25, -0.2) is 0 Å². The molecule has 0 aromatic heterocycles. The van der Waals surface area contributed by atoms with E-state index in [0.29, 0.717) is 5.02 Å². The predicted molar refractivity (Wildman–Crippen MR) is 107 cm³/mol. The number of hydrogen-bond donors (Lipinski definition) is 2. The first kappa shape index (κ1) is 17.6. The highest BCUT2D eigenvalue weighted by atomic mass is 35.5. The quantitative estimate of drug-likeness (QED) is 0.565. The molecule has 0 radical (unpaired) electrons. The van der Waals surface area contributed by atoms with Crippen LogP contribution >= 0.6 is 11.6 Å². The zero-order valence-corrected chi connectivity index (χ0v) is 14.5. The fraction of sp³-hybridized carbons (Fsp3) is 0.0476. The van der Waals surface area contributed by atoms with Gasteiger partial charge in [0.25, 0.3) is 0 Å². The third-order valence-corrected chi connectivity index (χ3v) is 3.99. The molecule has 0 aliphatic rings. The number of halogens is 1. The molecule has 0 aliphatic carbocycles. The van der Waals surface area contributed by atoms with Crippen molar-refractivity contribution in [3.8, 4) is 0 Å². The fourth-order valence-corrected chi connectivity index (χ4v) is 2.70. The topological polar surface area (TPSA) is 24.1 Å². The lowest BCUT2D eigenvalue weighted by atomic mass is 9.97. The first-order valence-electron chi connectivity index (χ1n) is 7.59. The van der Waals surface area contributed by atoms with Crippen molar-refractivity contribution in [3.63, 3.8) is 0 Å². The van der Waals surface area contributed by atoms with E-state index in [0.717, 1.165) is 33.8 Å². The molecule has 2 aromatic rings. The largest absolute Gasteiger partial charge is 0.362 e. The van der Waals surface area contributed by atoms with Gasteiger partial charge < -0.3 is 10.6 Å². The van der Waals surface area contributed by atoms with Gasteiger partial charge in [0.15, 0.2) is 0 Å². The summed E-state index contributed by atoms with van der Waals surface area (Å²) in [7, 11) is 0. The van der Waals surface area contributed by atoms with E-state index >= 15 is 0 Å². The van der Waals surface area contributed by atoms with Gasteiger partial charge in [-0.15, -0.1) is 0 Å². The Bertz CT molecular complexity index is 789. The maximum absolute atomic E-state index is 6.44. The van der Waals surface area contributed by atoms with E-state index in [1.807, 2.05) is 55.5 Å². The van der Waals surface area contributed by atoms with Crippen LogP contribution in [0.5, 0.6) is 0 Å².